The number of nitrogens with zero attached hydrogens (tertiary/aromatic N) is 1. The summed E-state index contributed by atoms with van der Waals surface area (Å²) in [5, 5.41) is -0.121. The van der Waals surface area contributed by atoms with E-state index in [0.717, 1.165) is 16.8 Å². The molecule has 1 fully saturated rings. The first-order valence-corrected chi connectivity index (χ1v) is 8.09. The fourth-order valence-electron chi connectivity index (χ4n) is 2.64. The van der Waals surface area contributed by atoms with Gasteiger partial charge in [0.25, 0.3) is 0 Å². The average Bonchev–Trinajstić information content (AvgIpc) is 2.89. The third-order valence-electron chi connectivity index (χ3n) is 3.72. The smallest absolute Gasteiger partial charge is 0.238 e. The highest BCUT2D eigenvalue weighted by Gasteiger charge is 2.36. The molecule has 1 aliphatic rings. The number of carbonyl (C=O) groups is 1. The van der Waals surface area contributed by atoms with Crippen LogP contribution in [0.1, 0.15) is 16.5 Å². The number of nitrogen functional groups attached to an aromatic ring is 1. The molecule has 0 radical (unpaired) electrons. The van der Waals surface area contributed by atoms with Crippen LogP contribution in [0.4, 0.5) is 11.4 Å². The molecule has 1 saturated heterocycles. The number of thioether (sulfide) groups is 1. The van der Waals surface area contributed by atoms with E-state index in [-0.39, 0.29) is 11.3 Å². The van der Waals surface area contributed by atoms with Crippen LogP contribution in [0.3, 0.4) is 0 Å². The first kappa shape index (κ1) is 14.8. The van der Waals surface area contributed by atoms with Crippen LogP contribution >= 0.6 is 11.8 Å². The van der Waals surface area contributed by atoms with Gasteiger partial charge in [0.05, 0.1) is 18.6 Å². The number of ether oxygens (including phenoxy) is 1. The van der Waals surface area contributed by atoms with Gasteiger partial charge in [0, 0.05) is 11.3 Å². The SMILES string of the molecule is COc1ccc(C)cc1N1C(=O)CSC1c1ccccc1N. The van der Waals surface area contributed by atoms with Gasteiger partial charge in [-0.15, -0.1) is 11.8 Å². The first-order valence-electron chi connectivity index (χ1n) is 7.04. The molecular formula is C17H18N2O2S. The summed E-state index contributed by atoms with van der Waals surface area (Å²) in [5.41, 5.74) is 9.65. The van der Waals surface area contributed by atoms with Gasteiger partial charge >= 0.3 is 0 Å². The zero-order valence-corrected chi connectivity index (χ0v) is 13.4. The second-order valence-corrected chi connectivity index (χ2v) is 6.30. The van der Waals surface area contributed by atoms with Crippen molar-refractivity contribution in [3.05, 3.63) is 53.6 Å². The number of para-hydroxylation sites is 1. The molecule has 0 saturated carbocycles. The summed E-state index contributed by atoms with van der Waals surface area (Å²) in [4.78, 5) is 14.3. The molecule has 2 aromatic carbocycles. The predicted molar refractivity (Wildman–Crippen MR) is 91.3 cm³/mol. The van der Waals surface area contributed by atoms with E-state index in [4.69, 9.17) is 10.5 Å². The molecule has 1 amide bonds. The van der Waals surface area contributed by atoms with Gasteiger partial charge in [-0.05, 0) is 30.7 Å². The van der Waals surface area contributed by atoms with Crippen molar-refractivity contribution >= 4 is 29.0 Å². The van der Waals surface area contributed by atoms with Crippen molar-refractivity contribution in [1.29, 1.82) is 0 Å². The molecular weight excluding hydrogens is 296 g/mol. The highest BCUT2D eigenvalue weighted by Crippen LogP contribution is 2.46. The minimum absolute atomic E-state index is 0.0714. The van der Waals surface area contributed by atoms with Gasteiger partial charge < -0.3 is 10.5 Å². The van der Waals surface area contributed by atoms with Crippen molar-refractivity contribution in [2.45, 2.75) is 12.3 Å². The van der Waals surface area contributed by atoms with Crippen molar-refractivity contribution in [2.75, 3.05) is 23.5 Å². The van der Waals surface area contributed by atoms with Crippen LogP contribution in [-0.4, -0.2) is 18.8 Å². The number of carbonyl (C=O) groups excluding carboxylic acids is 1. The predicted octanol–water partition coefficient (Wildman–Crippen LogP) is 3.36. The fraction of sp³-hybridized carbons (Fsp3) is 0.235. The maximum absolute atomic E-state index is 12.5. The minimum Gasteiger partial charge on any atom is -0.495 e. The van der Waals surface area contributed by atoms with Crippen LogP contribution in [0.25, 0.3) is 0 Å². The van der Waals surface area contributed by atoms with E-state index in [0.29, 0.717) is 17.2 Å². The van der Waals surface area contributed by atoms with Crippen molar-refractivity contribution < 1.29 is 9.53 Å². The summed E-state index contributed by atoms with van der Waals surface area (Å²) in [6.45, 7) is 2.00. The third-order valence-corrected chi connectivity index (χ3v) is 4.92. The lowest BCUT2D eigenvalue weighted by Gasteiger charge is -2.27. The molecule has 1 aliphatic heterocycles. The Morgan fingerprint density at radius 2 is 2.05 bits per heavy atom. The summed E-state index contributed by atoms with van der Waals surface area (Å²) < 4.78 is 5.44. The largest absolute Gasteiger partial charge is 0.495 e. The number of rotatable bonds is 3. The van der Waals surface area contributed by atoms with E-state index in [1.165, 1.54) is 0 Å². The van der Waals surface area contributed by atoms with Gasteiger partial charge in [0.2, 0.25) is 5.91 Å². The Labute approximate surface area is 134 Å². The van der Waals surface area contributed by atoms with Crippen molar-refractivity contribution in [3.63, 3.8) is 0 Å². The maximum atomic E-state index is 12.5. The summed E-state index contributed by atoms with van der Waals surface area (Å²) >= 11 is 1.59. The molecule has 0 aromatic heterocycles. The van der Waals surface area contributed by atoms with Crippen LogP contribution in [0.15, 0.2) is 42.5 Å². The number of hydrogen-bond donors (Lipinski definition) is 1. The molecule has 22 heavy (non-hydrogen) atoms. The molecule has 1 atom stereocenters. The highest BCUT2D eigenvalue weighted by molar-refractivity contribution is 8.00. The molecule has 2 aromatic rings. The van der Waals surface area contributed by atoms with Gasteiger partial charge in [0.15, 0.2) is 0 Å². The molecule has 0 aliphatic carbocycles. The Hall–Kier alpha value is -2.14. The Morgan fingerprint density at radius 3 is 2.77 bits per heavy atom. The Bertz CT molecular complexity index is 718. The second kappa shape index (κ2) is 5.93. The number of amides is 1. The van der Waals surface area contributed by atoms with E-state index in [2.05, 4.69) is 0 Å². The lowest BCUT2D eigenvalue weighted by atomic mass is 10.1. The van der Waals surface area contributed by atoms with Crippen LogP contribution in [-0.2, 0) is 4.79 Å². The number of nitrogens with two attached hydrogens (primary N) is 1. The molecule has 0 bridgehead atoms. The van der Waals surface area contributed by atoms with Crippen molar-refractivity contribution in [2.24, 2.45) is 0 Å². The Balaban J connectivity index is 2.09. The molecule has 3 rings (SSSR count). The number of benzene rings is 2. The molecule has 114 valence electrons. The lowest BCUT2D eigenvalue weighted by Crippen LogP contribution is -2.28. The number of aryl methyl sites for hydroxylation is 1. The van der Waals surface area contributed by atoms with Crippen molar-refractivity contribution in [1.82, 2.24) is 0 Å². The molecule has 0 spiro atoms. The zero-order chi connectivity index (χ0) is 15.7. The van der Waals surface area contributed by atoms with Gasteiger partial charge in [-0.3, -0.25) is 9.69 Å². The number of hydrogen-bond acceptors (Lipinski definition) is 4. The third kappa shape index (κ3) is 2.52. The molecule has 1 heterocycles. The standard InChI is InChI=1S/C17H18N2O2S/c1-11-7-8-15(21-2)14(9-11)19-16(20)10-22-17(19)12-5-3-4-6-13(12)18/h3-9,17H,10,18H2,1-2H3. The van der Waals surface area contributed by atoms with Gasteiger partial charge in [-0.1, -0.05) is 24.3 Å². The lowest BCUT2D eigenvalue weighted by molar-refractivity contribution is -0.115. The summed E-state index contributed by atoms with van der Waals surface area (Å²) in [5.74, 6) is 1.21. The van der Waals surface area contributed by atoms with Crippen LogP contribution in [0.2, 0.25) is 0 Å². The normalized spacial score (nSPS) is 17.8. The Morgan fingerprint density at radius 1 is 1.27 bits per heavy atom. The van der Waals surface area contributed by atoms with Crippen LogP contribution in [0.5, 0.6) is 5.75 Å². The van der Waals surface area contributed by atoms with E-state index in [9.17, 15) is 4.79 Å². The van der Waals surface area contributed by atoms with E-state index in [1.54, 1.807) is 23.8 Å². The quantitative estimate of drug-likeness (QED) is 0.883. The summed E-state index contributed by atoms with van der Waals surface area (Å²) in [7, 11) is 1.62. The molecule has 4 nitrogen and oxygen atoms in total. The van der Waals surface area contributed by atoms with Crippen molar-refractivity contribution in [3.8, 4) is 5.75 Å². The minimum atomic E-state index is -0.121. The second-order valence-electron chi connectivity index (χ2n) is 5.23. The van der Waals surface area contributed by atoms with Gasteiger partial charge in [0.1, 0.15) is 11.1 Å². The van der Waals surface area contributed by atoms with E-state index in [1.807, 2.05) is 49.4 Å². The van der Waals surface area contributed by atoms with Gasteiger partial charge in [-0.2, -0.15) is 0 Å². The molecule has 2 N–H and O–H groups in total. The monoisotopic (exact) mass is 314 g/mol. The van der Waals surface area contributed by atoms with Crippen LogP contribution in [0, 0.1) is 6.92 Å². The zero-order valence-electron chi connectivity index (χ0n) is 12.6. The van der Waals surface area contributed by atoms with E-state index < -0.39 is 0 Å². The van der Waals surface area contributed by atoms with E-state index >= 15 is 0 Å². The number of methoxy groups -OCH3 is 1. The molecule has 5 heteroatoms. The Kier molecular flexibility index (Phi) is 3.98. The summed E-state index contributed by atoms with van der Waals surface area (Å²) in [6.07, 6.45) is 0. The highest BCUT2D eigenvalue weighted by atomic mass is 32.2. The average molecular weight is 314 g/mol. The fourth-order valence-corrected chi connectivity index (χ4v) is 3.85. The topological polar surface area (TPSA) is 55.6 Å². The van der Waals surface area contributed by atoms with Gasteiger partial charge in [-0.25, -0.2) is 0 Å². The maximum Gasteiger partial charge on any atom is 0.238 e. The number of anilines is 2. The molecule has 1 unspecified atom stereocenters. The van der Waals surface area contributed by atoms with Crippen LogP contribution < -0.4 is 15.4 Å². The summed E-state index contributed by atoms with van der Waals surface area (Å²) in [6, 6.07) is 13.5. The first-order chi connectivity index (χ1) is 10.6.